The van der Waals surface area contributed by atoms with Crippen molar-refractivity contribution in [3.8, 4) is 11.5 Å². The van der Waals surface area contributed by atoms with E-state index in [0.717, 1.165) is 22.9 Å². The van der Waals surface area contributed by atoms with Crippen molar-refractivity contribution in [3.05, 3.63) is 84.4 Å². The SMILES string of the molecule is COc1ccccc1OC[C@H](C)NC(=S)Nc1ccc(CSc2ccccc2)cc1. The minimum Gasteiger partial charge on any atom is -0.493 e. The van der Waals surface area contributed by atoms with Crippen LogP contribution in [0.5, 0.6) is 11.5 Å². The Labute approximate surface area is 188 Å². The Morgan fingerprint density at radius 3 is 2.30 bits per heavy atom. The fraction of sp³-hybridized carbons (Fsp3) is 0.208. The first-order valence-electron chi connectivity index (χ1n) is 9.74. The van der Waals surface area contributed by atoms with Gasteiger partial charge in [0.15, 0.2) is 16.6 Å². The van der Waals surface area contributed by atoms with Gasteiger partial charge in [-0.15, -0.1) is 11.8 Å². The molecule has 0 radical (unpaired) electrons. The highest BCUT2D eigenvalue weighted by atomic mass is 32.2. The van der Waals surface area contributed by atoms with Gasteiger partial charge in [-0.25, -0.2) is 0 Å². The minimum absolute atomic E-state index is 0.0384. The van der Waals surface area contributed by atoms with Crippen LogP contribution in [0.25, 0.3) is 0 Å². The van der Waals surface area contributed by atoms with Gasteiger partial charge in [0.05, 0.1) is 13.2 Å². The molecule has 0 aliphatic rings. The van der Waals surface area contributed by atoms with Crippen LogP contribution < -0.4 is 20.1 Å². The van der Waals surface area contributed by atoms with Crippen molar-refractivity contribution in [2.24, 2.45) is 0 Å². The molecule has 3 rings (SSSR count). The van der Waals surface area contributed by atoms with Crippen LogP contribution in [-0.4, -0.2) is 24.9 Å². The second-order valence-corrected chi connectivity index (χ2v) is 8.22. The predicted molar refractivity (Wildman–Crippen MR) is 130 cm³/mol. The van der Waals surface area contributed by atoms with E-state index >= 15 is 0 Å². The number of methoxy groups -OCH3 is 1. The normalized spacial score (nSPS) is 11.4. The molecule has 0 bridgehead atoms. The average Bonchev–Trinajstić information content (AvgIpc) is 2.78. The highest BCUT2D eigenvalue weighted by molar-refractivity contribution is 7.98. The first-order valence-corrected chi connectivity index (χ1v) is 11.1. The molecule has 156 valence electrons. The molecule has 0 aromatic heterocycles. The van der Waals surface area contributed by atoms with E-state index in [1.807, 2.05) is 61.2 Å². The Hall–Kier alpha value is -2.70. The number of nitrogens with one attached hydrogen (secondary N) is 2. The van der Waals surface area contributed by atoms with Crippen LogP contribution in [0.4, 0.5) is 5.69 Å². The molecular weight excluding hydrogens is 412 g/mol. The summed E-state index contributed by atoms with van der Waals surface area (Å²) in [6.07, 6.45) is 0. The molecule has 0 saturated heterocycles. The van der Waals surface area contributed by atoms with Crippen molar-refractivity contribution in [2.45, 2.75) is 23.6 Å². The second kappa shape index (κ2) is 11.5. The topological polar surface area (TPSA) is 42.5 Å². The standard InChI is InChI=1S/C24H26N2O2S2/c1-18(16-28-23-11-7-6-10-22(23)27-2)25-24(29)26-20-14-12-19(13-15-20)17-30-21-8-4-3-5-9-21/h3-15,18H,16-17H2,1-2H3,(H2,25,26,29)/t18-/m0/s1. The molecule has 3 aromatic rings. The summed E-state index contributed by atoms with van der Waals surface area (Å²) in [7, 11) is 1.63. The van der Waals surface area contributed by atoms with Crippen LogP contribution in [0.3, 0.4) is 0 Å². The molecule has 6 heteroatoms. The first-order chi connectivity index (χ1) is 14.6. The lowest BCUT2D eigenvalue weighted by Gasteiger charge is -2.18. The number of thiocarbonyl (C=S) groups is 1. The number of ether oxygens (including phenoxy) is 2. The van der Waals surface area contributed by atoms with Crippen LogP contribution in [0.1, 0.15) is 12.5 Å². The molecule has 0 aliphatic carbocycles. The number of rotatable bonds is 9. The highest BCUT2D eigenvalue weighted by Gasteiger charge is 2.08. The Morgan fingerprint density at radius 2 is 1.60 bits per heavy atom. The van der Waals surface area contributed by atoms with E-state index in [9.17, 15) is 0 Å². The third-order valence-electron chi connectivity index (χ3n) is 4.30. The zero-order chi connectivity index (χ0) is 21.2. The monoisotopic (exact) mass is 438 g/mol. The van der Waals surface area contributed by atoms with Gasteiger partial charge >= 0.3 is 0 Å². The van der Waals surface area contributed by atoms with E-state index in [0.29, 0.717) is 11.7 Å². The van der Waals surface area contributed by atoms with Crippen LogP contribution in [-0.2, 0) is 5.75 Å². The highest BCUT2D eigenvalue weighted by Crippen LogP contribution is 2.26. The van der Waals surface area contributed by atoms with E-state index in [1.165, 1.54) is 10.5 Å². The molecule has 1 atom stereocenters. The number of hydrogen-bond donors (Lipinski definition) is 2. The van der Waals surface area contributed by atoms with E-state index < -0.39 is 0 Å². The lowest BCUT2D eigenvalue weighted by Crippen LogP contribution is -2.39. The quantitative estimate of drug-likeness (QED) is 0.328. The fourth-order valence-corrected chi connectivity index (χ4v) is 3.95. The zero-order valence-electron chi connectivity index (χ0n) is 17.1. The molecule has 3 aromatic carbocycles. The third-order valence-corrected chi connectivity index (χ3v) is 5.60. The van der Waals surface area contributed by atoms with Gasteiger partial charge in [0.25, 0.3) is 0 Å². The van der Waals surface area contributed by atoms with Crippen molar-refractivity contribution in [3.63, 3.8) is 0 Å². The van der Waals surface area contributed by atoms with Crippen molar-refractivity contribution >= 4 is 34.8 Å². The summed E-state index contributed by atoms with van der Waals surface area (Å²) in [6, 6.07) is 26.4. The van der Waals surface area contributed by atoms with Crippen LogP contribution in [0.2, 0.25) is 0 Å². The molecular formula is C24H26N2O2S2. The molecule has 0 unspecified atom stereocenters. The van der Waals surface area contributed by atoms with Gasteiger partial charge in [-0.2, -0.15) is 0 Å². The maximum atomic E-state index is 5.84. The van der Waals surface area contributed by atoms with Gasteiger partial charge in [-0.3, -0.25) is 0 Å². The lowest BCUT2D eigenvalue weighted by molar-refractivity contribution is 0.270. The maximum absolute atomic E-state index is 5.84. The molecule has 0 fully saturated rings. The Bertz CT molecular complexity index is 933. The minimum atomic E-state index is 0.0384. The number of para-hydroxylation sites is 2. The number of hydrogen-bond acceptors (Lipinski definition) is 4. The van der Waals surface area contributed by atoms with Crippen LogP contribution in [0, 0.1) is 0 Å². The summed E-state index contributed by atoms with van der Waals surface area (Å²) in [5, 5.41) is 7.04. The van der Waals surface area contributed by atoms with Crippen LogP contribution in [0.15, 0.2) is 83.8 Å². The van der Waals surface area contributed by atoms with Crippen molar-refractivity contribution < 1.29 is 9.47 Å². The largest absolute Gasteiger partial charge is 0.493 e. The number of benzene rings is 3. The Kier molecular flexibility index (Phi) is 8.41. The molecule has 0 heterocycles. The fourth-order valence-electron chi connectivity index (χ4n) is 2.75. The van der Waals surface area contributed by atoms with Gasteiger partial charge in [-0.1, -0.05) is 42.5 Å². The molecule has 0 amide bonds. The smallest absolute Gasteiger partial charge is 0.171 e. The van der Waals surface area contributed by atoms with Crippen molar-refractivity contribution in [1.29, 1.82) is 0 Å². The molecule has 4 nitrogen and oxygen atoms in total. The van der Waals surface area contributed by atoms with Crippen molar-refractivity contribution in [2.75, 3.05) is 19.0 Å². The van der Waals surface area contributed by atoms with E-state index in [4.69, 9.17) is 21.7 Å². The molecule has 0 spiro atoms. The summed E-state index contributed by atoms with van der Waals surface area (Å²) in [5.74, 6) is 2.37. The Balaban J connectivity index is 1.42. The van der Waals surface area contributed by atoms with Gasteiger partial charge in [0.2, 0.25) is 0 Å². The molecule has 0 saturated carbocycles. The summed E-state index contributed by atoms with van der Waals surface area (Å²) in [4.78, 5) is 1.27. The molecule has 2 N–H and O–H groups in total. The molecule has 30 heavy (non-hydrogen) atoms. The van der Waals surface area contributed by atoms with Gasteiger partial charge in [0, 0.05) is 16.3 Å². The molecule has 0 aliphatic heterocycles. The van der Waals surface area contributed by atoms with E-state index in [2.05, 4.69) is 47.0 Å². The van der Waals surface area contributed by atoms with Crippen LogP contribution >= 0.6 is 24.0 Å². The van der Waals surface area contributed by atoms with Crippen molar-refractivity contribution in [1.82, 2.24) is 5.32 Å². The maximum Gasteiger partial charge on any atom is 0.171 e. The van der Waals surface area contributed by atoms with Gasteiger partial charge < -0.3 is 20.1 Å². The first kappa shape index (κ1) is 22.0. The number of anilines is 1. The predicted octanol–water partition coefficient (Wildman–Crippen LogP) is 5.74. The third kappa shape index (κ3) is 6.97. The zero-order valence-corrected chi connectivity index (χ0v) is 18.8. The average molecular weight is 439 g/mol. The second-order valence-electron chi connectivity index (χ2n) is 6.76. The summed E-state index contributed by atoms with van der Waals surface area (Å²) < 4.78 is 11.1. The van der Waals surface area contributed by atoms with Gasteiger partial charge in [0.1, 0.15) is 6.61 Å². The summed E-state index contributed by atoms with van der Waals surface area (Å²) >= 11 is 7.26. The number of thioether (sulfide) groups is 1. The van der Waals surface area contributed by atoms with E-state index in [-0.39, 0.29) is 6.04 Å². The summed E-state index contributed by atoms with van der Waals surface area (Å²) in [6.45, 7) is 2.49. The lowest BCUT2D eigenvalue weighted by atomic mass is 10.2. The summed E-state index contributed by atoms with van der Waals surface area (Å²) in [5.41, 5.74) is 2.23. The Morgan fingerprint density at radius 1 is 0.933 bits per heavy atom. The van der Waals surface area contributed by atoms with Gasteiger partial charge in [-0.05, 0) is 61.1 Å². The van der Waals surface area contributed by atoms with E-state index in [1.54, 1.807) is 7.11 Å².